The quantitative estimate of drug-likeness (QED) is 0.278. The number of ether oxygens (including phenoxy) is 1. The van der Waals surface area contributed by atoms with Crippen molar-refractivity contribution in [3.05, 3.63) is 96.1 Å². The van der Waals surface area contributed by atoms with E-state index < -0.39 is 6.10 Å². The highest BCUT2D eigenvalue weighted by molar-refractivity contribution is 6.01. The monoisotopic (exact) mass is 398 g/mol. The molecule has 0 aliphatic heterocycles. The number of ketones is 1. The molecule has 1 fully saturated rings. The number of allylic oxidation sites excluding steroid dienone is 1. The van der Waals surface area contributed by atoms with E-state index in [2.05, 4.69) is 12.1 Å². The summed E-state index contributed by atoms with van der Waals surface area (Å²) in [7, 11) is 0. The Morgan fingerprint density at radius 2 is 1.67 bits per heavy atom. The van der Waals surface area contributed by atoms with Crippen LogP contribution < -0.4 is 0 Å². The first-order valence-electron chi connectivity index (χ1n) is 10.6. The third-order valence-corrected chi connectivity index (χ3v) is 5.89. The van der Waals surface area contributed by atoms with Crippen molar-refractivity contribution < 1.29 is 14.3 Å². The Morgan fingerprint density at radius 3 is 2.43 bits per heavy atom. The van der Waals surface area contributed by atoms with Gasteiger partial charge < -0.3 is 4.74 Å². The van der Waals surface area contributed by atoms with Gasteiger partial charge >= 0.3 is 5.97 Å². The molecule has 0 aromatic heterocycles. The van der Waals surface area contributed by atoms with Crippen LogP contribution >= 0.6 is 0 Å². The van der Waals surface area contributed by atoms with E-state index in [1.807, 2.05) is 72.8 Å². The summed E-state index contributed by atoms with van der Waals surface area (Å²) in [4.78, 5) is 24.9. The van der Waals surface area contributed by atoms with Crippen LogP contribution in [0.15, 0.2) is 84.9 Å². The summed E-state index contributed by atoms with van der Waals surface area (Å²) in [5.41, 5.74) is 1.71. The third-order valence-electron chi connectivity index (χ3n) is 5.89. The molecule has 0 amide bonds. The molecule has 3 aromatic rings. The summed E-state index contributed by atoms with van der Waals surface area (Å²) in [6.45, 7) is 1.42. The van der Waals surface area contributed by atoms with Crippen molar-refractivity contribution in [2.24, 2.45) is 11.8 Å². The van der Waals surface area contributed by atoms with E-state index in [0.29, 0.717) is 0 Å². The molecule has 0 heterocycles. The molecule has 3 atom stereocenters. The highest BCUT2D eigenvalue weighted by Gasteiger charge is 2.32. The Bertz CT molecular complexity index is 1070. The second-order valence-corrected chi connectivity index (χ2v) is 7.95. The van der Waals surface area contributed by atoms with E-state index in [9.17, 15) is 9.59 Å². The second-order valence-electron chi connectivity index (χ2n) is 7.95. The molecule has 1 saturated carbocycles. The highest BCUT2D eigenvalue weighted by atomic mass is 16.5. The molecular weight excluding hydrogens is 372 g/mol. The number of rotatable bonds is 6. The van der Waals surface area contributed by atoms with Crippen LogP contribution in [0.2, 0.25) is 0 Å². The predicted octanol–water partition coefficient (Wildman–Crippen LogP) is 6.30. The Balaban J connectivity index is 1.54. The zero-order valence-corrected chi connectivity index (χ0v) is 17.2. The lowest BCUT2D eigenvalue weighted by atomic mass is 9.87. The largest absolute Gasteiger partial charge is 0.453 e. The van der Waals surface area contributed by atoms with Crippen molar-refractivity contribution in [2.75, 3.05) is 0 Å². The normalized spacial score (nSPS) is 19.8. The van der Waals surface area contributed by atoms with E-state index in [1.165, 1.54) is 6.92 Å². The van der Waals surface area contributed by atoms with Gasteiger partial charge in [0.25, 0.3) is 0 Å². The molecule has 3 nitrogen and oxygen atoms in total. The van der Waals surface area contributed by atoms with E-state index in [-0.39, 0.29) is 23.6 Å². The fraction of sp³-hybridized carbons (Fsp3) is 0.259. The first-order valence-corrected chi connectivity index (χ1v) is 10.6. The van der Waals surface area contributed by atoms with Gasteiger partial charge in [-0.05, 0) is 47.2 Å². The van der Waals surface area contributed by atoms with Crippen LogP contribution in [0, 0.1) is 11.8 Å². The van der Waals surface area contributed by atoms with Gasteiger partial charge in [0.05, 0.1) is 0 Å². The molecule has 0 saturated heterocycles. The maximum Gasteiger partial charge on any atom is 0.303 e. The van der Waals surface area contributed by atoms with Crippen molar-refractivity contribution in [1.29, 1.82) is 0 Å². The number of esters is 1. The SMILES string of the molecule is CC(=O)OC(/C=C/[C@H]1CCC[C@@H]1C(=O)c1ccc2ccccc2c1)c1ccccc1. The first kappa shape index (κ1) is 20.1. The Labute approximate surface area is 177 Å². The van der Waals surface area contributed by atoms with Crippen LogP contribution in [-0.4, -0.2) is 11.8 Å². The molecule has 152 valence electrons. The number of fused-ring (bicyclic) bond motifs is 1. The lowest BCUT2D eigenvalue weighted by Crippen LogP contribution is -2.18. The number of Topliss-reactive ketones (excluding diaryl/α,β-unsaturated/α-hetero) is 1. The summed E-state index contributed by atoms with van der Waals surface area (Å²) in [6, 6.07) is 23.8. The van der Waals surface area contributed by atoms with Gasteiger partial charge in [0.15, 0.2) is 5.78 Å². The molecule has 0 spiro atoms. The van der Waals surface area contributed by atoms with Crippen LogP contribution in [0.5, 0.6) is 0 Å². The van der Waals surface area contributed by atoms with Crippen LogP contribution in [0.25, 0.3) is 10.8 Å². The maximum atomic E-state index is 13.3. The molecule has 30 heavy (non-hydrogen) atoms. The van der Waals surface area contributed by atoms with Crippen molar-refractivity contribution in [2.45, 2.75) is 32.3 Å². The van der Waals surface area contributed by atoms with E-state index >= 15 is 0 Å². The lowest BCUT2D eigenvalue weighted by molar-refractivity contribution is -0.144. The number of hydrogen-bond acceptors (Lipinski definition) is 3. The fourth-order valence-corrected chi connectivity index (χ4v) is 4.38. The minimum atomic E-state index is -0.430. The second kappa shape index (κ2) is 9.08. The average Bonchev–Trinajstić information content (AvgIpc) is 3.24. The van der Waals surface area contributed by atoms with E-state index in [4.69, 9.17) is 4.74 Å². The lowest BCUT2D eigenvalue weighted by Gasteiger charge is -2.18. The Kier molecular flexibility index (Phi) is 6.08. The highest BCUT2D eigenvalue weighted by Crippen LogP contribution is 2.36. The molecule has 4 rings (SSSR count). The minimum Gasteiger partial charge on any atom is -0.453 e. The molecule has 0 bridgehead atoms. The molecule has 3 aromatic carbocycles. The zero-order chi connectivity index (χ0) is 20.9. The number of carbonyl (C=O) groups excluding carboxylic acids is 2. The fourth-order valence-electron chi connectivity index (χ4n) is 4.38. The predicted molar refractivity (Wildman–Crippen MR) is 119 cm³/mol. The van der Waals surface area contributed by atoms with Gasteiger partial charge in [-0.25, -0.2) is 0 Å². The van der Waals surface area contributed by atoms with E-state index in [1.54, 1.807) is 0 Å². The summed E-state index contributed by atoms with van der Waals surface area (Å²) in [5.74, 6) is 0.0160. The van der Waals surface area contributed by atoms with Gasteiger partial charge in [0, 0.05) is 18.4 Å². The third kappa shape index (κ3) is 4.51. The summed E-state index contributed by atoms with van der Waals surface area (Å²) < 4.78 is 5.51. The first-order chi connectivity index (χ1) is 14.6. The van der Waals surface area contributed by atoms with Gasteiger partial charge in [0.1, 0.15) is 6.10 Å². The van der Waals surface area contributed by atoms with Gasteiger partial charge in [0.2, 0.25) is 0 Å². The van der Waals surface area contributed by atoms with Crippen molar-refractivity contribution in [3.63, 3.8) is 0 Å². The molecular formula is C27H26O3. The van der Waals surface area contributed by atoms with Crippen LogP contribution in [0.1, 0.15) is 48.2 Å². The Hall–Kier alpha value is -3.20. The van der Waals surface area contributed by atoms with Gasteiger partial charge in [-0.15, -0.1) is 0 Å². The maximum absolute atomic E-state index is 13.3. The van der Waals surface area contributed by atoms with Crippen LogP contribution in [-0.2, 0) is 9.53 Å². The van der Waals surface area contributed by atoms with Crippen molar-refractivity contribution in [1.82, 2.24) is 0 Å². The van der Waals surface area contributed by atoms with E-state index in [0.717, 1.165) is 41.2 Å². The zero-order valence-electron chi connectivity index (χ0n) is 17.2. The standard InChI is InChI=1S/C27H26O3/c1-19(28)30-26(22-9-3-2-4-10-22)17-16-21-12-7-13-25(21)27(29)24-15-14-20-8-5-6-11-23(20)18-24/h2-6,8-11,14-18,21,25-26H,7,12-13H2,1H3/b17-16+/t21-,25+,26?/m1/s1. The average molecular weight is 399 g/mol. The van der Waals surface area contributed by atoms with Crippen molar-refractivity contribution in [3.8, 4) is 0 Å². The van der Waals surface area contributed by atoms with Gasteiger partial charge in [-0.3, -0.25) is 9.59 Å². The molecule has 0 radical (unpaired) electrons. The summed E-state index contributed by atoms with van der Waals surface area (Å²) in [6.07, 6.45) is 6.49. The van der Waals surface area contributed by atoms with Crippen LogP contribution in [0.4, 0.5) is 0 Å². The summed E-state index contributed by atoms with van der Waals surface area (Å²) >= 11 is 0. The molecule has 1 aliphatic carbocycles. The van der Waals surface area contributed by atoms with Crippen LogP contribution in [0.3, 0.4) is 0 Å². The molecule has 1 unspecified atom stereocenters. The minimum absolute atomic E-state index is 0.0313. The topological polar surface area (TPSA) is 43.4 Å². The Morgan fingerprint density at radius 1 is 0.933 bits per heavy atom. The van der Waals surface area contributed by atoms with Crippen molar-refractivity contribution >= 4 is 22.5 Å². The smallest absolute Gasteiger partial charge is 0.303 e. The van der Waals surface area contributed by atoms with Gasteiger partial charge in [-0.1, -0.05) is 79.2 Å². The molecule has 0 N–H and O–H groups in total. The molecule has 1 aliphatic rings. The number of carbonyl (C=O) groups is 2. The summed E-state index contributed by atoms with van der Waals surface area (Å²) in [5, 5.41) is 2.23. The number of hydrogen-bond donors (Lipinski definition) is 0. The number of benzene rings is 3. The van der Waals surface area contributed by atoms with Gasteiger partial charge in [-0.2, -0.15) is 0 Å². The molecule has 3 heteroatoms.